The topological polar surface area (TPSA) is 69.9 Å². The van der Waals surface area contributed by atoms with Gasteiger partial charge in [0.05, 0.1) is 11.7 Å². The summed E-state index contributed by atoms with van der Waals surface area (Å²) < 4.78 is 6.73. The second kappa shape index (κ2) is 8.08. The fourth-order valence-corrected chi connectivity index (χ4v) is 9.00. The van der Waals surface area contributed by atoms with E-state index in [2.05, 4.69) is 38.1 Å². The van der Waals surface area contributed by atoms with E-state index in [0.29, 0.717) is 30.8 Å². The van der Waals surface area contributed by atoms with Crippen molar-refractivity contribution in [3.63, 3.8) is 0 Å². The van der Waals surface area contributed by atoms with Gasteiger partial charge in [0, 0.05) is 18.6 Å². The van der Waals surface area contributed by atoms with Gasteiger partial charge in [-0.25, -0.2) is 0 Å². The number of benzene rings is 1. The lowest BCUT2D eigenvalue weighted by atomic mass is 9.42. The fourth-order valence-electron chi connectivity index (χ4n) is 9.00. The average molecular weight is 443 g/mol. The summed E-state index contributed by atoms with van der Waals surface area (Å²) in [4.78, 5) is 0. The first kappa shape index (κ1) is 22.8. The molecular weight excluding hydrogens is 400 g/mol. The van der Waals surface area contributed by atoms with Gasteiger partial charge in [-0.15, -0.1) is 0 Å². The first-order valence-electron chi connectivity index (χ1n) is 13.0. The third-order valence-corrected chi connectivity index (χ3v) is 10.8. The first-order chi connectivity index (χ1) is 15.3. The van der Waals surface area contributed by atoms with Gasteiger partial charge in [-0.1, -0.05) is 44.2 Å². The second-order valence-corrected chi connectivity index (χ2v) is 11.8. The maximum atomic E-state index is 12.6. The molecule has 32 heavy (non-hydrogen) atoms. The van der Waals surface area contributed by atoms with E-state index in [1.54, 1.807) is 0 Å². The highest BCUT2D eigenvalue weighted by Gasteiger charge is 2.72. The predicted octanol–water partition coefficient (Wildman–Crippen LogP) is 4.80. The molecule has 4 fully saturated rings. The maximum Gasteiger partial charge on any atom is 0.101 e. The van der Waals surface area contributed by atoms with Crippen LogP contribution in [0.1, 0.15) is 83.6 Å². The van der Waals surface area contributed by atoms with Crippen LogP contribution >= 0.6 is 0 Å². The van der Waals surface area contributed by atoms with E-state index in [1.807, 2.05) is 6.07 Å². The van der Waals surface area contributed by atoms with Gasteiger partial charge < -0.3 is 20.1 Å². The minimum absolute atomic E-state index is 0.127. The van der Waals surface area contributed by atoms with Crippen LogP contribution in [0.2, 0.25) is 0 Å². The van der Waals surface area contributed by atoms with E-state index in [1.165, 1.54) is 5.56 Å². The molecule has 0 unspecified atom stereocenters. The number of fused-ring (bicyclic) bond motifs is 5. The molecule has 0 aliphatic heterocycles. The second-order valence-electron chi connectivity index (χ2n) is 11.8. The van der Waals surface area contributed by atoms with Crippen molar-refractivity contribution in [3.8, 4) is 0 Å². The monoisotopic (exact) mass is 442 g/mol. The molecule has 4 aliphatic rings. The smallest absolute Gasteiger partial charge is 0.101 e. The molecule has 4 heteroatoms. The summed E-state index contributed by atoms with van der Waals surface area (Å²) in [5, 5.41) is 32.3. The maximum absolute atomic E-state index is 12.6. The van der Waals surface area contributed by atoms with Crippen molar-refractivity contribution in [1.82, 2.24) is 0 Å². The Balaban J connectivity index is 1.52. The molecule has 5 rings (SSSR count). The SMILES string of the molecule is C[C@]12CC[C@H](O)C[C@@H]1CC[C@@H]1[C@@H]2CC[C@]2(C)[C@@](OCCCO)(c3ccccc3)CC[C@]12O. The molecule has 4 nitrogen and oxygen atoms in total. The minimum Gasteiger partial charge on any atom is -0.396 e. The number of hydrogen-bond acceptors (Lipinski definition) is 4. The van der Waals surface area contributed by atoms with Gasteiger partial charge in [0.15, 0.2) is 0 Å². The lowest BCUT2D eigenvalue weighted by Crippen LogP contribution is -2.65. The molecule has 1 aromatic rings. The largest absolute Gasteiger partial charge is 0.396 e. The molecule has 0 radical (unpaired) electrons. The lowest BCUT2D eigenvalue weighted by molar-refractivity contribution is -0.249. The van der Waals surface area contributed by atoms with Crippen molar-refractivity contribution >= 4 is 0 Å². The molecule has 4 aliphatic carbocycles. The minimum atomic E-state index is -0.741. The average Bonchev–Trinajstić information content (AvgIpc) is 3.03. The molecule has 0 saturated heterocycles. The van der Waals surface area contributed by atoms with Crippen LogP contribution < -0.4 is 0 Å². The normalized spacial score (nSPS) is 48.0. The van der Waals surface area contributed by atoms with E-state index in [9.17, 15) is 15.3 Å². The molecule has 178 valence electrons. The number of rotatable bonds is 5. The van der Waals surface area contributed by atoms with Crippen LogP contribution in [0.4, 0.5) is 0 Å². The van der Waals surface area contributed by atoms with Gasteiger partial charge in [-0.3, -0.25) is 0 Å². The zero-order chi connectivity index (χ0) is 22.6. The van der Waals surface area contributed by atoms with E-state index in [0.717, 1.165) is 57.8 Å². The van der Waals surface area contributed by atoms with Crippen LogP contribution in [0.5, 0.6) is 0 Å². The highest BCUT2D eigenvalue weighted by atomic mass is 16.5. The van der Waals surface area contributed by atoms with Gasteiger partial charge in [-0.05, 0) is 92.9 Å². The Kier molecular flexibility index (Phi) is 5.76. The van der Waals surface area contributed by atoms with Crippen molar-refractivity contribution in [3.05, 3.63) is 35.9 Å². The van der Waals surface area contributed by atoms with E-state index < -0.39 is 11.2 Å². The van der Waals surface area contributed by atoms with E-state index in [4.69, 9.17) is 4.74 Å². The van der Waals surface area contributed by atoms with Crippen LogP contribution in [0.3, 0.4) is 0 Å². The van der Waals surface area contributed by atoms with E-state index >= 15 is 0 Å². The molecule has 0 bridgehead atoms. The van der Waals surface area contributed by atoms with Crippen molar-refractivity contribution in [1.29, 1.82) is 0 Å². The summed E-state index contributed by atoms with van der Waals surface area (Å²) in [6, 6.07) is 10.5. The Bertz CT molecular complexity index is 813. The van der Waals surface area contributed by atoms with E-state index in [-0.39, 0.29) is 23.5 Å². The Morgan fingerprint density at radius 2 is 1.72 bits per heavy atom. The predicted molar refractivity (Wildman–Crippen MR) is 125 cm³/mol. The zero-order valence-corrected chi connectivity index (χ0v) is 19.9. The van der Waals surface area contributed by atoms with Gasteiger partial charge >= 0.3 is 0 Å². The van der Waals surface area contributed by atoms with Crippen LogP contribution in [0.25, 0.3) is 0 Å². The third kappa shape index (κ3) is 3.02. The fraction of sp³-hybridized carbons (Fsp3) is 0.786. The summed E-state index contributed by atoms with van der Waals surface area (Å²) >= 11 is 0. The number of ether oxygens (including phenoxy) is 1. The zero-order valence-electron chi connectivity index (χ0n) is 19.9. The number of aliphatic hydroxyl groups is 3. The van der Waals surface area contributed by atoms with Crippen molar-refractivity contribution in [2.24, 2.45) is 28.6 Å². The molecular formula is C28H42O4. The Hall–Kier alpha value is -0.940. The number of hydrogen-bond donors (Lipinski definition) is 3. The van der Waals surface area contributed by atoms with Crippen LogP contribution in [0, 0.1) is 28.6 Å². The first-order valence-corrected chi connectivity index (χ1v) is 13.0. The van der Waals surface area contributed by atoms with Crippen molar-refractivity contribution < 1.29 is 20.1 Å². The molecule has 0 spiro atoms. The lowest BCUT2D eigenvalue weighted by Gasteiger charge is -2.64. The van der Waals surface area contributed by atoms with Gasteiger partial charge in [0.2, 0.25) is 0 Å². The van der Waals surface area contributed by atoms with Crippen molar-refractivity contribution in [2.75, 3.05) is 13.2 Å². The standard InChI is InChI=1S/C28H42O4/c1-25-13-11-22(30)19-21(25)9-10-24-23(25)12-14-26(2)27(24,31)15-16-28(26,32-18-6-17-29)20-7-4-3-5-8-20/h3-5,7-8,21-24,29-31H,6,9-19H2,1-2H3/t21-,22-,23-,24+,25-,26-,27-,28-/m0/s1. The molecule has 0 aromatic heterocycles. The summed E-state index contributed by atoms with van der Waals surface area (Å²) in [7, 11) is 0. The molecule has 1 aromatic carbocycles. The van der Waals surface area contributed by atoms with Gasteiger partial charge in [-0.2, -0.15) is 0 Å². The van der Waals surface area contributed by atoms with Gasteiger partial charge in [0.1, 0.15) is 5.60 Å². The van der Waals surface area contributed by atoms with Crippen LogP contribution in [-0.2, 0) is 10.3 Å². The van der Waals surface area contributed by atoms with Crippen LogP contribution in [-0.4, -0.2) is 40.2 Å². The number of aliphatic hydroxyl groups excluding tert-OH is 2. The molecule has 4 saturated carbocycles. The molecule has 0 amide bonds. The quantitative estimate of drug-likeness (QED) is 0.573. The Labute approximate surface area is 193 Å². The van der Waals surface area contributed by atoms with Crippen molar-refractivity contribution in [2.45, 2.75) is 95.4 Å². The molecule has 3 N–H and O–H groups in total. The molecule has 0 heterocycles. The third-order valence-electron chi connectivity index (χ3n) is 10.8. The summed E-state index contributed by atoms with van der Waals surface area (Å²) in [5.74, 6) is 1.40. The van der Waals surface area contributed by atoms with Crippen LogP contribution in [0.15, 0.2) is 30.3 Å². The summed E-state index contributed by atoms with van der Waals surface area (Å²) in [6.45, 7) is 5.40. The summed E-state index contributed by atoms with van der Waals surface area (Å²) in [5.41, 5.74) is -0.196. The Morgan fingerprint density at radius 3 is 2.47 bits per heavy atom. The Morgan fingerprint density at radius 1 is 0.938 bits per heavy atom. The highest BCUT2D eigenvalue weighted by molar-refractivity contribution is 5.33. The van der Waals surface area contributed by atoms with Gasteiger partial charge in [0.25, 0.3) is 0 Å². The highest BCUT2D eigenvalue weighted by Crippen LogP contribution is 2.72. The summed E-state index contributed by atoms with van der Waals surface area (Å²) in [6.07, 6.45) is 9.30. The molecule has 8 atom stereocenters.